The summed E-state index contributed by atoms with van der Waals surface area (Å²) in [7, 11) is 1.89. The molecular weight excluding hydrogens is 169 g/mol. The molecule has 72 valence electrons. The topological polar surface area (TPSA) is 29.9 Å². The van der Waals surface area contributed by atoms with Crippen LogP contribution in [-0.4, -0.2) is 22.5 Å². The molecule has 1 aliphatic heterocycles. The van der Waals surface area contributed by atoms with E-state index in [9.17, 15) is 4.39 Å². The molecule has 2 heterocycles. The molecule has 0 radical (unpaired) electrons. The number of hydrogen-bond donors (Lipinski definition) is 1. The standard InChI is InChI=1S/C9H14FN3/c1-6-8(5-13(2)12-6)9-3-7(10)4-11-9/h5,7,9,11H,3-4H2,1-2H3. The van der Waals surface area contributed by atoms with E-state index < -0.39 is 6.17 Å². The van der Waals surface area contributed by atoms with Gasteiger partial charge in [0.2, 0.25) is 0 Å². The molecule has 0 spiro atoms. The van der Waals surface area contributed by atoms with E-state index in [0.717, 1.165) is 11.3 Å². The summed E-state index contributed by atoms with van der Waals surface area (Å²) in [5.74, 6) is 0. The van der Waals surface area contributed by atoms with Crippen molar-refractivity contribution in [2.24, 2.45) is 7.05 Å². The first kappa shape index (κ1) is 8.69. The molecule has 0 bridgehead atoms. The minimum Gasteiger partial charge on any atom is -0.307 e. The Morgan fingerprint density at radius 3 is 2.92 bits per heavy atom. The van der Waals surface area contributed by atoms with Crippen molar-refractivity contribution in [2.75, 3.05) is 6.54 Å². The van der Waals surface area contributed by atoms with Gasteiger partial charge in [-0.1, -0.05) is 0 Å². The number of alkyl halides is 1. The van der Waals surface area contributed by atoms with Gasteiger partial charge in [0.05, 0.1) is 5.69 Å². The van der Waals surface area contributed by atoms with Gasteiger partial charge < -0.3 is 5.32 Å². The Morgan fingerprint density at radius 1 is 1.69 bits per heavy atom. The maximum atomic E-state index is 12.9. The van der Waals surface area contributed by atoms with E-state index in [-0.39, 0.29) is 6.04 Å². The number of rotatable bonds is 1. The second kappa shape index (κ2) is 3.10. The Balaban J connectivity index is 2.20. The fourth-order valence-electron chi connectivity index (χ4n) is 1.89. The average molecular weight is 183 g/mol. The van der Waals surface area contributed by atoms with Gasteiger partial charge in [0.25, 0.3) is 0 Å². The summed E-state index contributed by atoms with van der Waals surface area (Å²) in [6, 6.07) is 0.156. The molecule has 2 rings (SSSR count). The molecule has 1 saturated heterocycles. The molecule has 2 unspecified atom stereocenters. The molecular formula is C9H14FN3. The van der Waals surface area contributed by atoms with Crippen LogP contribution >= 0.6 is 0 Å². The van der Waals surface area contributed by atoms with E-state index in [1.54, 1.807) is 4.68 Å². The summed E-state index contributed by atoms with van der Waals surface area (Å²) in [5.41, 5.74) is 2.12. The predicted octanol–water partition coefficient (Wildman–Crippen LogP) is 1.10. The summed E-state index contributed by atoms with van der Waals surface area (Å²) in [4.78, 5) is 0. The minimum absolute atomic E-state index is 0.156. The molecule has 1 N–H and O–H groups in total. The van der Waals surface area contributed by atoms with Crippen molar-refractivity contribution in [3.8, 4) is 0 Å². The molecule has 13 heavy (non-hydrogen) atoms. The summed E-state index contributed by atoms with van der Waals surface area (Å²) < 4.78 is 14.7. The molecule has 4 heteroatoms. The first-order valence-electron chi connectivity index (χ1n) is 4.54. The number of aromatic nitrogens is 2. The molecule has 1 aromatic rings. The second-order valence-corrected chi connectivity index (χ2v) is 3.64. The lowest BCUT2D eigenvalue weighted by molar-refractivity contribution is 0.356. The normalized spacial score (nSPS) is 28.2. The summed E-state index contributed by atoms with van der Waals surface area (Å²) >= 11 is 0. The quantitative estimate of drug-likeness (QED) is 0.706. The highest BCUT2D eigenvalue weighted by Crippen LogP contribution is 2.26. The lowest BCUT2D eigenvalue weighted by Gasteiger charge is -2.07. The Morgan fingerprint density at radius 2 is 2.46 bits per heavy atom. The van der Waals surface area contributed by atoms with Gasteiger partial charge in [-0.05, 0) is 13.3 Å². The maximum absolute atomic E-state index is 12.9. The van der Waals surface area contributed by atoms with Crippen molar-refractivity contribution in [1.29, 1.82) is 0 Å². The van der Waals surface area contributed by atoms with Crippen LogP contribution in [0.4, 0.5) is 4.39 Å². The maximum Gasteiger partial charge on any atom is 0.114 e. The van der Waals surface area contributed by atoms with Gasteiger partial charge in [-0.3, -0.25) is 4.68 Å². The summed E-state index contributed by atoms with van der Waals surface area (Å²) in [5, 5.41) is 7.38. The number of aryl methyl sites for hydroxylation is 2. The Kier molecular flexibility index (Phi) is 2.07. The van der Waals surface area contributed by atoms with Crippen LogP contribution in [0.3, 0.4) is 0 Å². The third-order valence-electron chi connectivity index (χ3n) is 2.50. The number of nitrogens with zero attached hydrogens (tertiary/aromatic N) is 2. The lowest BCUT2D eigenvalue weighted by Crippen LogP contribution is -2.14. The summed E-state index contributed by atoms with van der Waals surface area (Å²) in [6.07, 6.45) is 1.84. The molecule has 2 atom stereocenters. The molecule has 3 nitrogen and oxygen atoms in total. The average Bonchev–Trinajstić information content (AvgIpc) is 2.58. The molecule has 0 saturated carbocycles. The zero-order valence-electron chi connectivity index (χ0n) is 7.92. The van der Waals surface area contributed by atoms with E-state index in [0.29, 0.717) is 13.0 Å². The van der Waals surface area contributed by atoms with Crippen LogP contribution in [0, 0.1) is 6.92 Å². The van der Waals surface area contributed by atoms with Gasteiger partial charge in [0, 0.05) is 31.4 Å². The second-order valence-electron chi connectivity index (χ2n) is 3.64. The van der Waals surface area contributed by atoms with Crippen LogP contribution in [0.2, 0.25) is 0 Å². The first-order chi connectivity index (χ1) is 6.16. The zero-order chi connectivity index (χ0) is 9.42. The van der Waals surface area contributed by atoms with Crippen LogP contribution in [-0.2, 0) is 7.05 Å². The van der Waals surface area contributed by atoms with Crippen molar-refractivity contribution >= 4 is 0 Å². The fourth-order valence-corrected chi connectivity index (χ4v) is 1.89. The highest BCUT2D eigenvalue weighted by atomic mass is 19.1. The smallest absolute Gasteiger partial charge is 0.114 e. The van der Waals surface area contributed by atoms with E-state index in [2.05, 4.69) is 10.4 Å². The van der Waals surface area contributed by atoms with E-state index in [1.807, 2.05) is 20.2 Å². The largest absolute Gasteiger partial charge is 0.307 e. The Bertz CT molecular complexity index is 308. The molecule has 1 fully saturated rings. The molecule has 0 aromatic carbocycles. The lowest BCUT2D eigenvalue weighted by atomic mass is 10.1. The van der Waals surface area contributed by atoms with Gasteiger partial charge in [0.1, 0.15) is 6.17 Å². The van der Waals surface area contributed by atoms with Crippen LogP contribution in [0.15, 0.2) is 6.20 Å². The third kappa shape index (κ3) is 1.58. The highest BCUT2D eigenvalue weighted by molar-refractivity contribution is 5.21. The van der Waals surface area contributed by atoms with E-state index in [4.69, 9.17) is 0 Å². The molecule has 1 aliphatic rings. The SMILES string of the molecule is Cc1nn(C)cc1C1CC(F)CN1. The van der Waals surface area contributed by atoms with Crippen molar-refractivity contribution in [1.82, 2.24) is 15.1 Å². The van der Waals surface area contributed by atoms with Gasteiger partial charge >= 0.3 is 0 Å². The van der Waals surface area contributed by atoms with Gasteiger partial charge in [-0.2, -0.15) is 5.10 Å². The first-order valence-corrected chi connectivity index (χ1v) is 4.54. The molecule has 0 aliphatic carbocycles. The molecule has 1 aromatic heterocycles. The highest BCUT2D eigenvalue weighted by Gasteiger charge is 2.26. The Labute approximate surface area is 76.9 Å². The van der Waals surface area contributed by atoms with Crippen molar-refractivity contribution in [2.45, 2.75) is 25.6 Å². The molecule has 0 amide bonds. The van der Waals surface area contributed by atoms with Crippen molar-refractivity contribution < 1.29 is 4.39 Å². The van der Waals surface area contributed by atoms with Gasteiger partial charge in [-0.25, -0.2) is 4.39 Å². The van der Waals surface area contributed by atoms with Crippen molar-refractivity contribution in [3.63, 3.8) is 0 Å². The summed E-state index contributed by atoms with van der Waals surface area (Å²) in [6.45, 7) is 2.43. The van der Waals surface area contributed by atoms with Crippen LogP contribution in [0.5, 0.6) is 0 Å². The number of halogens is 1. The van der Waals surface area contributed by atoms with Crippen LogP contribution < -0.4 is 5.32 Å². The van der Waals surface area contributed by atoms with E-state index >= 15 is 0 Å². The zero-order valence-corrected chi connectivity index (χ0v) is 7.92. The fraction of sp³-hybridized carbons (Fsp3) is 0.667. The van der Waals surface area contributed by atoms with Gasteiger partial charge in [-0.15, -0.1) is 0 Å². The number of hydrogen-bond acceptors (Lipinski definition) is 2. The van der Waals surface area contributed by atoms with Crippen LogP contribution in [0.25, 0.3) is 0 Å². The third-order valence-corrected chi connectivity index (χ3v) is 2.50. The minimum atomic E-state index is -0.704. The van der Waals surface area contributed by atoms with Gasteiger partial charge in [0.15, 0.2) is 0 Å². The van der Waals surface area contributed by atoms with E-state index in [1.165, 1.54) is 0 Å². The Hall–Kier alpha value is -0.900. The van der Waals surface area contributed by atoms with Crippen LogP contribution in [0.1, 0.15) is 23.7 Å². The monoisotopic (exact) mass is 183 g/mol. The van der Waals surface area contributed by atoms with Crippen molar-refractivity contribution in [3.05, 3.63) is 17.5 Å². The number of nitrogens with one attached hydrogen (secondary N) is 1. The predicted molar refractivity (Wildman–Crippen MR) is 48.2 cm³/mol.